The van der Waals surface area contributed by atoms with Crippen LogP contribution in [0.3, 0.4) is 0 Å². The number of urea groups is 1. The van der Waals surface area contributed by atoms with Gasteiger partial charge in [-0.05, 0) is 30.5 Å². The number of pyridine rings is 1. The first kappa shape index (κ1) is 23.8. The van der Waals surface area contributed by atoms with Crippen LogP contribution >= 0.6 is 0 Å². The molecule has 164 valence electrons. The number of amides is 2. The molecular weight excluding hydrogens is 404 g/mol. The number of carbonyl (C=O) groups is 1. The van der Waals surface area contributed by atoms with E-state index in [0.29, 0.717) is 18.8 Å². The lowest BCUT2D eigenvalue weighted by Crippen LogP contribution is -2.31. The van der Waals surface area contributed by atoms with E-state index in [2.05, 4.69) is 15.6 Å². The van der Waals surface area contributed by atoms with Crippen molar-refractivity contribution >= 4 is 21.7 Å². The lowest BCUT2D eigenvalue weighted by atomic mass is 10.1. The van der Waals surface area contributed by atoms with Crippen molar-refractivity contribution in [3.05, 3.63) is 60.4 Å². The van der Waals surface area contributed by atoms with Gasteiger partial charge in [-0.3, -0.25) is 9.82 Å². The number of hydrogen-bond donors (Lipinski definition) is 2. The number of anilines is 1. The minimum absolute atomic E-state index is 0.223. The first-order valence-electron chi connectivity index (χ1n) is 10.0. The van der Waals surface area contributed by atoms with Gasteiger partial charge in [0.1, 0.15) is 0 Å². The Balaban J connectivity index is 1.55. The Hall–Kier alpha value is -2.49. The van der Waals surface area contributed by atoms with E-state index in [4.69, 9.17) is 4.84 Å². The van der Waals surface area contributed by atoms with Gasteiger partial charge in [-0.25, -0.2) is 13.2 Å². The lowest BCUT2D eigenvalue weighted by molar-refractivity contribution is -0.0962. The molecule has 0 saturated carbocycles. The normalized spacial score (nSPS) is 11.4. The summed E-state index contributed by atoms with van der Waals surface area (Å²) in [6.45, 7) is 1.14. The minimum Gasteiger partial charge on any atom is -0.338 e. The second-order valence-corrected chi connectivity index (χ2v) is 8.81. The minimum atomic E-state index is -3.42. The molecule has 2 N–H and O–H groups in total. The number of hydroxylamine groups is 1. The van der Waals surface area contributed by atoms with Gasteiger partial charge in [-0.15, -0.1) is 0 Å². The highest BCUT2D eigenvalue weighted by Crippen LogP contribution is 2.10. The van der Waals surface area contributed by atoms with Crippen LogP contribution < -0.4 is 10.6 Å². The number of rotatable bonds is 13. The van der Waals surface area contributed by atoms with Crippen LogP contribution in [0.5, 0.6) is 0 Å². The van der Waals surface area contributed by atoms with Gasteiger partial charge in [0.25, 0.3) is 0 Å². The van der Waals surface area contributed by atoms with Gasteiger partial charge in [0.15, 0.2) is 0 Å². The molecule has 0 unspecified atom stereocenters. The molecule has 0 aliphatic rings. The van der Waals surface area contributed by atoms with Crippen molar-refractivity contribution in [2.75, 3.05) is 24.7 Å². The number of aromatic nitrogens is 1. The first-order chi connectivity index (χ1) is 14.4. The molecule has 30 heavy (non-hydrogen) atoms. The number of unbranched alkanes of at least 4 members (excludes halogenated alkanes) is 4. The fraction of sp³-hybridized carbons (Fsp3) is 0.429. The molecule has 2 amide bonds. The van der Waals surface area contributed by atoms with E-state index in [-0.39, 0.29) is 12.6 Å². The molecule has 0 aliphatic carbocycles. The van der Waals surface area contributed by atoms with Gasteiger partial charge in [0.2, 0.25) is 10.0 Å². The van der Waals surface area contributed by atoms with E-state index in [1.165, 1.54) is 0 Å². The highest BCUT2D eigenvalue weighted by atomic mass is 32.2. The zero-order chi connectivity index (χ0) is 21.7. The largest absolute Gasteiger partial charge is 0.338 e. The number of carbonyl (C=O) groups excluding carboxylic acids is 1. The van der Waals surface area contributed by atoms with Gasteiger partial charge >= 0.3 is 6.03 Å². The Bertz CT molecular complexity index is 848. The predicted molar refractivity (Wildman–Crippen MR) is 117 cm³/mol. The van der Waals surface area contributed by atoms with Crippen LogP contribution in [0, 0.1) is 0 Å². The first-order valence-corrected chi connectivity index (χ1v) is 11.9. The Morgan fingerprint density at radius 1 is 1.00 bits per heavy atom. The molecule has 0 saturated heterocycles. The summed E-state index contributed by atoms with van der Waals surface area (Å²) in [4.78, 5) is 21.2. The Morgan fingerprint density at radius 2 is 1.67 bits per heavy atom. The number of nitrogens with zero attached hydrogens (tertiary/aromatic N) is 2. The maximum Gasteiger partial charge on any atom is 0.319 e. The SMILES string of the molecule is CS(=O)(=O)N(CCCCCCCNC(=O)Nc1ccncc1)OCc1ccccc1. The van der Waals surface area contributed by atoms with Crippen molar-refractivity contribution < 1.29 is 18.0 Å². The monoisotopic (exact) mass is 434 g/mol. The third kappa shape index (κ3) is 9.82. The lowest BCUT2D eigenvalue weighted by Gasteiger charge is -2.19. The highest BCUT2D eigenvalue weighted by molar-refractivity contribution is 7.88. The molecular formula is C21H30N4O4S. The summed E-state index contributed by atoms with van der Waals surface area (Å²) in [5, 5.41) is 5.55. The van der Waals surface area contributed by atoms with E-state index >= 15 is 0 Å². The second-order valence-electron chi connectivity index (χ2n) is 6.93. The molecule has 0 fully saturated rings. The van der Waals surface area contributed by atoms with Crippen LogP contribution in [0.15, 0.2) is 54.9 Å². The van der Waals surface area contributed by atoms with Gasteiger partial charge in [-0.2, -0.15) is 0 Å². The van der Waals surface area contributed by atoms with Gasteiger partial charge in [0.05, 0.1) is 12.9 Å². The average Bonchev–Trinajstić information content (AvgIpc) is 2.72. The predicted octanol–water partition coefficient (Wildman–Crippen LogP) is 3.55. The summed E-state index contributed by atoms with van der Waals surface area (Å²) in [5.41, 5.74) is 1.62. The van der Waals surface area contributed by atoms with Crippen LogP contribution in [0.2, 0.25) is 0 Å². The molecule has 1 aromatic carbocycles. The van der Waals surface area contributed by atoms with Gasteiger partial charge < -0.3 is 10.6 Å². The zero-order valence-corrected chi connectivity index (χ0v) is 18.1. The van der Waals surface area contributed by atoms with Crippen molar-refractivity contribution in [1.29, 1.82) is 0 Å². The van der Waals surface area contributed by atoms with Crippen molar-refractivity contribution in [1.82, 2.24) is 14.8 Å². The molecule has 0 bridgehead atoms. The second kappa shape index (κ2) is 12.9. The third-order valence-electron chi connectivity index (χ3n) is 4.33. The van der Waals surface area contributed by atoms with Crippen molar-refractivity contribution in [3.8, 4) is 0 Å². The van der Waals surface area contributed by atoms with Crippen LogP contribution in [-0.2, 0) is 21.5 Å². The molecule has 2 rings (SSSR count). The zero-order valence-electron chi connectivity index (χ0n) is 17.3. The molecule has 2 aromatic rings. The molecule has 0 radical (unpaired) electrons. The third-order valence-corrected chi connectivity index (χ3v) is 5.36. The summed E-state index contributed by atoms with van der Waals surface area (Å²) in [5.74, 6) is 0. The van der Waals surface area contributed by atoms with E-state index in [1.807, 2.05) is 30.3 Å². The van der Waals surface area contributed by atoms with Crippen molar-refractivity contribution in [2.45, 2.75) is 38.7 Å². The fourth-order valence-corrected chi connectivity index (χ4v) is 3.46. The molecule has 8 nitrogen and oxygen atoms in total. The quantitative estimate of drug-likeness (QED) is 0.371. The Morgan fingerprint density at radius 3 is 2.37 bits per heavy atom. The van der Waals surface area contributed by atoms with Crippen LogP contribution in [0.1, 0.15) is 37.7 Å². The van der Waals surface area contributed by atoms with E-state index < -0.39 is 10.0 Å². The smallest absolute Gasteiger partial charge is 0.319 e. The number of sulfonamides is 1. The molecule has 0 atom stereocenters. The van der Waals surface area contributed by atoms with Gasteiger partial charge in [-0.1, -0.05) is 54.1 Å². The summed E-state index contributed by atoms with van der Waals surface area (Å²) in [7, 11) is -3.42. The molecule has 0 spiro atoms. The average molecular weight is 435 g/mol. The summed E-state index contributed by atoms with van der Waals surface area (Å²) >= 11 is 0. The summed E-state index contributed by atoms with van der Waals surface area (Å²) in [6.07, 6.45) is 8.79. The molecule has 1 aromatic heterocycles. The Labute approximate surface area is 178 Å². The highest BCUT2D eigenvalue weighted by Gasteiger charge is 2.17. The van der Waals surface area contributed by atoms with Crippen LogP contribution in [0.25, 0.3) is 0 Å². The van der Waals surface area contributed by atoms with Gasteiger partial charge in [0, 0.05) is 31.2 Å². The Kier molecular flexibility index (Phi) is 10.3. The fourth-order valence-electron chi connectivity index (χ4n) is 2.76. The standard InChI is InChI=1S/C21H30N4O4S/c1-30(27,28)25(29-18-19-10-6-5-7-11-19)17-9-4-2-3-8-14-23-21(26)24-20-12-15-22-16-13-20/h5-7,10-13,15-16H,2-4,8-9,14,17-18H2,1H3,(H2,22,23,24,26). The van der Waals surface area contributed by atoms with E-state index in [1.54, 1.807) is 24.5 Å². The van der Waals surface area contributed by atoms with Crippen molar-refractivity contribution in [2.24, 2.45) is 0 Å². The topological polar surface area (TPSA) is 101 Å². The molecule has 0 aliphatic heterocycles. The summed E-state index contributed by atoms with van der Waals surface area (Å²) < 4.78 is 24.9. The van der Waals surface area contributed by atoms with Crippen molar-refractivity contribution in [3.63, 3.8) is 0 Å². The summed E-state index contributed by atoms with van der Waals surface area (Å²) in [6, 6.07) is 12.7. The molecule has 9 heteroatoms. The van der Waals surface area contributed by atoms with E-state index in [0.717, 1.165) is 48.4 Å². The number of nitrogens with one attached hydrogen (secondary N) is 2. The number of benzene rings is 1. The molecule has 1 heterocycles. The maximum absolute atomic E-state index is 11.9. The number of hydrogen-bond acceptors (Lipinski definition) is 5. The van der Waals surface area contributed by atoms with Crippen LogP contribution in [0.4, 0.5) is 10.5 Å². The maximum atomic E-state index is 11.9. The van der Waals surface area contributed by atoms with Crippen LogP contribution in [-0.4, -0.2) is 43.2 Å². The van der Waals surface area contributed by atoms with E-state index in [9.17, 15) is 13.2 Å².